The zero-order valence-corrected chi connectivity index (χ0v) is 9.79. The summed E-state index contributed by atoms with van der Waals surface area (Å²) in [7, 11) is 0. The molecule has 1 atom stereocenters. The van der Waals surface area contributed by atoms with E-state index in [0.29, 0.717) is 0 Å². The van der Waals surface area contributed by atoms with Crippen LogP contribution in [0.2, 0.25) is 0 Å². The number of hydrogen-bond acceptors (Lipinski definition) is 3. The van der Waals surface area contributed by atoms with Crippen LogP contribution in [0.3, 0.4) is 0 Å². The van der Waals surface area contributed by atoms with Gasteiger partial charge in [-0.25, -0.2) is 4.79 Å². The van der Waals surface area contributed by atoms with E-state index in [1.54, 1.807) is 0 Å². The fourth-order valence-electron chi connectivity index (χ4n) is 1.60. The van der Waals surface area contributed by atoms with Gasteiger partial charge in [0.15, 0.2) is 0 Å². The number of ether oxygens (including phenoxy) is 1. The Bertz CT molecular complexity index is 582. The molecule has 2 rings (SSSR count). The van der Waals surface area contributed by atoms with Gasteiger partial charge in [0.2, 0.25) is 0 Å². The van der Waals surface area contributed by atoms with E-state index in [-0.39, 0.29) is 17.1 Å². The van der Waals surface area contributed by atoms with Crippen molar-refractivity contribution in [2.24, 2.45) is 0 Å². The van der Waals surface area contributed by atoms with Gasteiger partial charge in [-0.15, -0.1) is 0 Å². The van der Waals surface area contributed by atoms with Crippen LogP contribution in [0.1, 0.15) is 5.56 Å². The number of halogens is 4. The third-order valence-electron chi connectivity index (χ3n) is 2.49. The summed E-state index contributed by atoms with van der Waals surface area (Å²) in [4.78, 5) is 10.9. The largest absolute Gasteiger partial charge is 0.508 e. The summed E-state index contributed by atoms with van der Waals surface area (Å²) in [6.45, 7) is 0. The average Bonchev–Trinajstić information content (AvgIpc) is 2.25. The van der Waals surface area contributed by atoms with E-state index in [0.717, 1.165) is 12.1 Å². The van der Waals surface area contributed by atoms with Crippen molar-refractivity contribution in [3.05, 3.63) is 29.3 Å². The topological polar surface area (TPSA) is 66.8 Å². The molecule has 0 bridgehead atoms. The minimum Gasteiger partial charge on any atom is -0.508 e. The van der Waals surface area contributed by atoms with Crippen molar-refractivity contribution in [3.8, 4) is 11.5 Å². The molecule has 8 heteroatoms. The highest BCUT2D eigenvalue weighted by molar-refractivity contribution is 6.29. The number of aliphatic carboxylic acids is 1. The Morgan fingerprint density at radius 2 is 2.00 bits per heavy atom. The summed E-state index contributed by atoms with van der Waals surface area (Å²) in [6, 6.07) is 3.33. The van der Waals surface area contributed by atoms with E-state index < -0.39 is 22.8 Å². The van der Waals surface area contributed by atoms with Gasteiger partial charge in [-0.05, 0) is 18.2 Å². The van der Waals surface area contributed by atoms with Gasteiger partial charge >= 0.3 is 17.2 Å². The standard InChI is InChI=1S/C11H6ClF3O4/c12-10(11(13,14)15)7(9(17)18)3-5-1-2-6(16)4-8(5)19-10/h1-4,16H,(H,17,18). The van der Waals surface area contributed by atoms with Crippen molar-refractivity contribution in [1.29, 1.82) is 0 Å². The number of benzene rings is 1. The molecule has 0 amide bonds. The fraction of sp³-hybridized carbons (Fsp3) is 0.182. The first-order valence-corrected chi connectivity index (χ1v) is 5.26. The molecule has 1 aliphatic heterocycles. The lowest BCUT2D eigenvalue weighted by Crippen LogP contribution is -2.50. The van der Waals surface area contributed by atoms with Crippen molar-refractivity contribution < 1.29 is 32.9 Å². The maximum atomic E-state index is 12.9. The van der Waals surface area contributed by atoms with Crippen LogP contribution in [0.25, 0.3) is 6.08 Å². The van der Waals surface area contributed by atoms with Gasteiger partial charge in [-0.3, -0.25) is 0 Å². The smallest absolute Gasteiger partial charge is 0.448 e. The molecule has 1 aromatic carbocycles. The predicted octanol–water partition coefficient (Wildman–Crippen LogP) is 2.75. The van der Waals surface area contributed by atoms with Crippen LogP contribution in [0.5, 0.6) is 11.5 Å². The fourth-order valence-corrected chi connectivity index (χ4v) is 1.81. The number of alkyl halides is 4. The predicted molar refractivity (Wildman–Crippen MR) is 59.0 cm³/mol. The van der Waals surface area contributed by atoms with E-state index in [1.165, 1.54) is 12.1 Å². The van der Waals surface area contributed by atoms with Gasteiger partial charge in [0.25, 0.3) is 0 Å². The molecule has 0 aliphatic carbocycles. The second-order valence-electron chi connectivity index (χ2n) is 3.78. The summed E-state index contributed by atoms with van der Waals surface area (Å²) < 4.78 is 43.3. The maximum absolute atomic E-state index is 12.9. The molecule has 0 saturated heterocycles. The molecule has 0 aromatic heterocycles. The van der Waals surface area contributed by atoms with E-state index >= 15 is 0 Å². The summed E-state index contributed by atoms with van der Waals surface area (Å²) in [6.07, 6.45) is -4.37. The number of rotatable bonds is 1. The van der Waals surface area contributed by atoms with E-state index in [4.69, 9.17) is 16.7 Å². The Hall–Kier alpha value is -1.89. The van der Waals surface area contributed by atoms with Gasteiger partial charge < -0.3 is 14.9 Å². The molecule has 0 saturated carbocycles. The van der Waals surface area contributed by atoms with Crippen molar-refractivity contribution in [2.45, 2.75) is 11.2 Å². The SMILES string of the molecule is O=C(O)C1=Cc2ccc(O)cc2OC1(Cl)C(F)(F)F. The lowest BCUT2D eigenvalue weighted by molar-refractivity contribution is -0.204. The molecule has 1 aromatic rings. The molecule has 102 valence electrons. The van der Waals surface area contributed by atoms with Gasteiger partial charge in [0.05, 0.1) is 0 Å². The first kappa shape index (κ1) is 13.5. The van der Waals surface area contributed by atoms with Gasteiger partial charge in [-0.1, -0.05) is 11.6 Å². The van der Waals surface area contributed by atoms with Crippen molar-refractivity contribution >= 4 is 23.6 Å². The quantitative estimate of drug-likeness (QED) is 0.782. The summed E-state index contributed by atoms with van der Waals surface area (Å²) in [5, 5.41) is 14.5. The average molecular weight is 295 g/mol. The molecule has 19 heavy (non-hydrogen) atoms. The van der Waals surface area contributed by atoms with Crippen LogP contribution in [0.15, 0.2) is 23.8 Å². The van der Waals surface area contributed by atoms with E-state index in [1.807, 2.05) is 0 Å². The van der Waals surface area contributed by atoms with Crippen molar-refractivity contribution in [3.63, 3.8) is 0 Å². The number of aromatic hydroxyl groups is 1. The van der Waals surface area contributed by atoms with Gasteiger partial charge in [0.1, 0.15) is 17.1 Å². The van der Waals surface area contributed by atoms with Crippen molar-refractivity contribution in [1.82, 2.24) is 0 Å². The number of phenolic OH excluding ortho intramolecular Hbond substituents is 1. The molecule has 1 heterocycles. The molecule has 4 nitrogen and oxygen atoms in total. The Morgan fingerprint density at radius 3 is 2.53 bits per heavy atom. The molecular formula is C11H6ClF3O4. The Labute approximate surface area is 109 Å². The van der Waals surface area contributed by atoms with Crippen LogP contribution >= 0.6 is 11.6 Å². The van der Waals surface area contributed by atoms with Crippen LogP contribution in [-0.2, 0) is 4.79 Å². The normalized spacial score (nSPS) is 22.2. The second kappa shape index (κ2) is 4.06. The minimum absolute atomic E-state index is 0.0794. The molecule has 2 N–H and O–H groups in total. The van der Waals surface area contributed by atoms with Gasteiger partial charge in [-0.2, -0.15) is 13.2 Å². The molecule has 0 spiro atoms. The number of phenols is 1. The molecular weight excluding hydrogens is 289 g/mol. The Morgan fingerprint density at radius 1 is 1.37 bits per heavy atom. The summed E-state index contributed by atoms with van der Waals surface area (Å²) >= 11 is 5.31. The number of fused-ring (bicyclic) bond motifs is 1. The zero-order chi connectivity index (χ0) is 14.4. The van der Waals surface area contributed by atoms with Crippen LogP contribution in [0, 0.1) is 0 Å². The monoisotopic (exact) mass is 294 g/mol. The lowest BCUT2D eigenvalue weighted by Gasteiger charge is -2.34. The maximum Gasteiger partial charge on any atom is 0.448 e. The number of carboxylic acid groups (broad SMARTS) is 1. The highest BCUT2D eigenvalue weighted by Crippen LogP contribution is 2.48. The summed E-state index contributed by atoms with van der Waals surface area (Å²) in [5.74, 6) is -2.52. The molecule has 1 unspecified atom stereocenters. The highest BCUT2D eigenvalue weighted by atomic mass is 35.5. The first-order chi connectivity index (χ1) is 8.65. The minimum atomic E-state index is -5.14. The molecule has 0 fully saturated rings. The van der Waals surface area contributed by atoms with E-state index in [2.05, 4.69) is 4.74 Å². The Kier molecular flexibility index (Phi) is 2.89. The lowest BCUT2D eigenvalue weighted by atomic mass is 10.0. The number of carboxylic acids is 1. The number of hydrogen-bond donors (Lipinski definition) is 2. The van der Waals surface area contributed by atoms with Crippen molar-refractivity contribution in [2.75, 3.05) is 0 Å². The van der Waals surface area contributed by atoms with Gasteiger partial charge in [0, 0.05) is 11.6 Å². The van der Waals surface area contributed by atoms with Crippen LogP contribution in [-0.4, -0.2) is 27.4 Å². The molecule has 0 radical (unpaired) electrons. The van der Waals surface area contributed by atoms with Crippen LogP contribution in [0.4, 0.5) is 13.2 Å². The third kappa shape index (κ3) is 2.10. The zero-order valence-electron chi connectivity index (χ0n) is 9.03. The first-order valence-electron chi connectivity index (χ1n) is 4.88. The van der Waals surface area contributed by atoms with Crippen LogP contribution < -0.4 is 4.74 Å². The van der Waals surface area contributed by atoms with E-state index in [9.17, 15) is 23.1 Å². The summed E-state index contributed by atoms with van der Waals surface area (Å²) in [5.41, 5.74) is -1.06. The molecule has 1 aliphatic rings. The highest BCUT2D eigenvalue weighted by Gasteiger charge is 2.62. The second-order valence-corrected chi connectivity index (χ2v) is 4.31. The number of carbonyl (C=O) groups is 1. The third-order valence-corrected chi connectivity index (χ3v) is 2.98. The Balaban J connectivity index is 2.65.